The van der Waals surface area contributed by atoms with Crippen LogP contribution in [0.3, 0.4) is 0 Å². The van der Waals surface area contributed by atoms with E-state index in [0.29, 0.717) is 11.6 Å². The molecular weight excluding hydrogens is 380 g/mol. The standard InChI is InChI=1S/C21H23F2N3O3/c1-12-7-15(9-16(8-12)29-11-19(22)23)13(2)25-21(28)17-5-6-24-20(26-17)10-18(27)14-3-4-14/h5-9,13-14,19H,3-4,10-11H2,1-2H3,(H,25,28). The summed E-state index contributed by atoms with van der Waals surface area (Å²) >= 11 is 0. The Kier molecular flexibility index (Phi) is 6.51. The molecule has 29 heavy (non-hydrogen) atoms. The first kappa shape index (κ1) is 20.8. The van der Waals surface area contributed by atoms with Crippen LogP contribution in [0.5, 0.6) is 5.75 Å². The highest BCUT2D eigenvalue weighted by atomic mass is 19.3. The average molecular weight is 403 g/mol. The lowest BCUT2D eigenvalue weighted by atomic mass is 10.0. The van der Waals surface area contributed by atoms with Crippen molar-refractivity contribution in [3.63, 3.8) is 0 Å². The van der Waals surface area contributed by atoms with Crippen molar-refractivity contribution in [2.45, 2.75) is 45.6 Å². The summed E-state index contributed by atoms with van der Waals surface area (Å²) in [6.45, 7) is 2.91. The molecule has 1 fully saturated rings. The molecule has 2 aromatic rings. The Bertz CT molecular complexity index is 900. The van der Waals surface area contributed by atoms with Gasteiger partial charge < -0.3 is 10.1 Å². The second-order valence-electron chi connectivity index (χ2n) is 7.25. The van der Waals surface area contributed by atoms with Crippen LogP contribution in [0.25, 0.3) is 0 Å². The Balaban J connectivity index is 1.66. The third kappa shape index (κ3) is 6.04. The van der Waals surface area contributed by atoms with Gasteiger partial charge >= 0.3 is 0 Å². The summed E-state index contributed by atoms with van der Waals surface area (Å²) in [5.41, 5.74) is 1.73. The molecule has 1 unspecified atom stereocenters. The van der Waals surface area contributed by atoms with Crippen molar-refractivity contribution in [2.75, 3.05) is 6.61 Å². The van der Waals surface area contributed by atoms with Crippen LogP contribution < -0.4 is 10.1 Å². The molecule has 1 heterocycles. The molecule has 1 N–H and O–H groups in total. The molecule has 0 radical (unpaired) electrons. The number of carbonyl (C=O) groups excluding carboxylic acids is 2. The van der Waals surface area contributed by atoms with Crippen LogP contribution in [0, 0.1) is 12.8 Å². The zero-order valence-electron chi connectivity index (χ0n) is 16.3. The van der Waals surface area contributed by atoms with Gasteiger partial charge in [-0.3, -0.25) is 9.59 Å². The van der Waals surface area contributed by atoms with E-state index in [4.69, 9.17) is 4.74 Å². The SMILES string of the molecule is Cc1cc(OCC(F)F)cc(C(C)NC(=O)c2ccnc(CC(=O)C3CC3)n2)c1. The molecule has 3 rings (SSSR count). The van der Waals surface area contributed by atoms with Crippen LogP contribution in [0.4, 0.5) is 8.78 Å². The lowest BCUT2D eigenvalue weighted by molar-refractivity contribution is -0.119. The van der Waals surface area contributed by atoms with E-state index >= 15 is 0 Å². The Labute approximate surface area is 167 Å². The van der Waals surface area contributed by atoms with Crippen molar-refractivity contribution in [1.82, 2.24) is 15.3 Å². The van der Waals surface area contributed by atoms with E-state index in [1.807, 2.05) is 13.0 Å². The summed E-state index contributed by atoms with van der Waals surface area (Å²) in [6, 6.07) is 6.22. The first-order valence-corrected chi connectivity index (χ1v) is 9.50. The van der Waals surface area contributed by atoms with Crippen molar-refractivity contribution < 1.29 is 23.1 Å². The van der Waals surface area contributed by atoms with Crippen LogP contribution in [0.15, 0.2) is 30.5 Å². The zero-order chi connectivity index (χ0) is 21.0. The Hall–Kier alpha value is -2.90. The van der Waals surface area contributed by atoms with Gasteiger partial charge in [0.15, 0.2) is 0 Å². The number of nitrogens with zero attached hydrogens (tertiary/aromatic N) is 2. The molecule has 8 heteroatoms. The van der Waals surface area contributed by atoms with Crippen molar-refractivity contribution in [3.05, 3.63) is 53.1 Å². The van der Waals surface area contributed by atoms with Crippen LogP contribution in [0.2, 0.25) is 0 Å². The third-order valence-electron chi connectivity index (χ3n) is 4.60. The maximum Gasteiger partial charge on any atom is 0.272 e. The summed E-state index contributed by atoms with van der Waals surface area (Å²) < 4.78 is 29.9. The predicted molar refractivity (Wildman–Crippen MR) is 102 cm³/mol. The minimum atomic E-state index is -2.56. The molecule has 0 aliphatic heterocycles. The monoisotopic (exact) mass is 403 g/mol. The fourth-order valence-corrected chi connectivity index (χ4v) is 2.94. The summed E-state index contributed by atoms with van der Waals surface area (Å²) in [5, 5.41) is 2.83. The highest BCUT2D eigenvalue weighted by Crippen LogP contribution is 2.30. The minimum absolute atomic E-state index is 0.104. The molecule has 1 aromatic heterocycles. The molecule has 0 saturated heterocycles. The van der Waals surface area contributed by atoms with Gasteiger partial charge in [0, 0.05) is 12.1 Å². The summed E-state index contributed by atoms with van der Waals surface area (Å²) in [4.78, 5) is 32.8. The maximum atomic E-state index is 12.6. The topological polar surface area (TPSA) is 81.2 Å². The Morgan fingerprint density at radius 2 is 2.03 bits per heavy atom. The van der Waals surface area contributed by atoms with Gasteiger partial charge in [0.1, 0.15) is 29.7 Å². The fraction of sp³-hybridized carbons (Fsp3) is 0.429. The highest BCUT2D eigenvalue weighted by molar-refractivity contribution is 5.92. The molecule has 1 aliphatic rings. The van der Waals surface area contributed by atoms with Crippen LogP contribution in [0.1, 0.15) is 53.2 Å². The molecule has 1 aromatic carbocycles. The number of halogens is 2. The second-order valence-corrected chi connectivity index (χ2v) is 7.25. The van der Waals surface area contributed by atoms with Gasteiger partial charge in [-0.2, -0.15) is 0 Å². The molecule has 154 valence electrons. The van der Waals surface area contributed by atoms with Crippen LogP contribution in [-0.4, -0.2) is 34.7 Å². The average Bonchev–Trinajstić information content (AvgIpc) is 3.51. The molecular formula is C21H23F2N3O3. The Morgan fingerprint density at radius 3 is 2.72 bits per heavy atom. The van der Waals surface area contributed by atoms with Crippen molar-refractivity contribution >= 4 is 11.7 Å². The summed E-state index contributed by atoms with van der Waals surface area (Å²) in [7, 11) is 0. The normalized spacial score (nSPS) is 14.5. The highest BCUT2D eigenvalue weighted by Gasteiger charge is 2.30. The van der Waals surface area contributed by atoms with E-state index in [0.717, 1.165) is 24.0 Å². The number of Topliss-reactive ketones (excluding diaryl/α,β-unsaturated/α-hetero) is 1. The first-order valence-electron chi connectivity index (χ1n) is 9.50. The second kappa shape index (κ2) is 9.07. The van der Waals surface area contributed by atoms with E-state index in [9.17, 15) is 18.4 Å². The number of amides is 1. The van der Waals surface area contributed by atoms with Crippen LogP contribution >= 0.6 is 0 Å². The number of ether oxygens (including phenoxy) is 1. The van der Waals surface area contributed by atoms with E-state index < -0.39 is 25.0 Å². The molecule has 0 bridgehead atoms. The lowest BCUT2D eigenvalue weighted by Gasteiger charge is -2.16. The first-order chi connectivity index (χ1) is 13.8. The zero-order valence-corrected chi connectivity index (χ0v) is 16.3. The fourth-order valence-electron chi connectivity index (χ4n) is 2.94. The van der Waals surface area contributed by atoms with Gasteiger partial charge in [-0.1, -0.05) is 6.07 Å². The molecule has 1 saturated carbocycles. The number of hydrogen-bond donors (Lipinski definition) is 1. The number of hydrogen-bond acceptors (Lipinski definition) is 5. The molecule has 1 aliphatic carbocycles. The number of nitrogens with one attached hydrogen (secondary N) is 1. The predicted octanol–water partition coefficient (Wildman–Crippen LogP) is 3.44. The van der Waals surface area contributed by atoms with Crippen LogP contribution in [-0.2, 0) is 11.2 Å². The number of aryl methyl sites for hydroxylation is 1. The van der Waals surface area contributed by atoms with Gasteiger partial charge in [0.2, 0.25) is 0 Å². The summed E-state index contributed by atoms with van der Waals surface area (Å²) in [6.07, 6.45) is 0.857. The number of carbonyl (C=O) groups is 2. The van der Waals surface area contributed by atoms with Crippen molar-refractivity contribution in [3.8, 4) is 5.75 Å². The number of benzene rings is 1. The lowest BCUT2D eigenvalue weighted by Crippen LogP contribution is -2.28. The van der Waals surface area contributed by atoms with Crippen molar-refractivity contribution in [1.29, 1.82) is 0 Å². The summed E-state index contributed by atoms with van der Waals surface area (Å²) in [5.74, 6) is 0.465. The van der Waals surface area contributed by atoms with Gasteiger partial charge in [-0.15, -0.1) is 0 Å². The van der Waals surface area contributed by atoms with E-state index in [2.05, 4.69) is 15.3 Å². The number of rotatable bonds is 9. The molecule has 1 amide bonds. The minimum Gasteiger partial charge on any atom is -0.488 e. The number of alkyl halides is 2. The largest absolute Gasteiger partial charge is 0.488 e. The number of ketones is 1. The van der Waals surface area contributed by atoms with E-state index in [1.165, 1.54) is 12.3 Å². The quantitative estimate of drug-likeness (QED) is 0.694. The molecule has 1 atom stereocenters. The smallest absolute Gasteiger partial charge is 0.272 e. The van der Waals surface area contributed by atoms with E-state index in [-0.39, 0.29) is 23.8 Å². The van der Waals surface area contributed by atoms with Gasteiger partial charge in [0.25, 0.3) is 12.3 Å². The van der Waals surface area contributed by atoms with Crippen molar-refractivity contribution in [2.24, 2.45) is 5.92 Å². The van der Waals surface area contributed by atoms with Gasteiger partial charge in [-0.25, -0.2) is 18.7 Å². The van der Waals surface area contributed by atoms with Gasteiger partial charge in [0.05, 0.1) is 12.5 Å². The number of aromatic nitrogens is 2. The van der Waals surface area contributed by atoms with Gasteiger partial charge in [-0.05, 0) is 56.0 Å². The molecule has 6 nitrogen and oxygen atoms in total. The third-order valence-corrected chi connectivity index (χ3v) is 4.60. The Morgan fingerprint density at radius 1 is 1.28 bits per heavy atom. The molecule has 0 spiro atoms. The maximum absolute atomic E-state index is 12.6. The van der Waals surface area contributed by atoms with E-state index in [1.54, 1.807) is 19.1 Å².